The molecular weight excluding hydrogens is 461 g/mol. The molecule has 1 unspecified atom stereocenters. The van der Waals surface area contributed by atoms with Crippen LogP contribution in [0, 0.1) is 12.8 Å². The molecule has 2 rings (SSSR count). The van der Waals surface area contributed by atoms with E-state index in [0.717, 1.165) is 56.5 Å². The van der Waals surface area contributed by atoms with Gasteiger partial charge in [-0.2, -0.15) is 0 Å². The zero-order valence-corrected chi connectivity index (χ0v) is 18.8. The third-order valence-corrected chi connectivity index (χ3v) is 4.67. The molecule has 1 aromatic heterocycles. The largest absolute Gasteiger partial charge is 0.385 e. The first-order valence-electron chi connectivity index (χ1n) is 9.16. The first-order chi connectivity index (χ1) is 12.5. The zero-order chi connectivity index (χ0) is 18.9. The van der Waals surface area contributed by atoms with Crippen molar-refractivity contribution in [3.63, 3.8) is 0 Å². The number of amides is 1. The lowest BCUT2D eigenvalue weighted by molar-refractivity contribution is -0.119. The average Bonchev–Trinajstić information content (AvgIpc) is 2.93. The summed E-state index contributed by atoms with van der Waals surface area (Å²) in [6.07, 6.45) is 3.38. The lowest BCUT2D eigenvalue weighted by atomic mass is 9.95. The highest BCUT2D eigenvalue weighted by molar-refractivity contribution is 14.0. The second-order valence-corrected chi connectivity index (χ2v) is 6.76. The molecule has 1 aliphatic heterocycles. The van der Waals surface area contributed by atoms with E-state index in [1.807, 2.05) is 18.5 Å². The maximum absolute atomic E-state index is 11.3. The van der Waals surface area contributed by atoms with Gasteiger partial charge in [0.2, 0.25) is 5.91 Å². The summed E-state index contributed by atoms with van der Waals surface area (Å²) in [5.41, 5.74) is 5.38. The van der Waals surface area contributed by atoms with E-state index in [2.05, 4.69) is 20.4 Å². The molecule has 1 fully saturated rings. The van der Waals surface area contributed by atoms with E-state index < -0.39 is 0 Å². The number of aliphatic imine (C=N–C) groups is 1. The molecule has 0 aromatic carbocycles. The van der Waals surface area contributed by atoms with Crippen LogP contribution in [0.1, 0.15) is 37.3 Å². The number of hydrogen-bond acceptors (Lipinski definition) is 5. The number of rotatable bonds is 8. The number of hydrogen-bond donors (Lipinski definition) is 2. The van der Waals surface area contributed by atoms with Gasteiger partial charge in [0.1, 0.15) is 12.4 Å². The van der Waals surface area contributed by atoms with Gasteiger partial charge in [-0.15, -0.1) is 34.2 Å². The molecule has 2 heterocycles. The normalized spacial score (nSPS) is 17.5. The van der Waals surface area contributed by atoms with Crippen LogP contribution in [0.5, 0.6) is 0 Å². The summed E-state index contributed by atoms with van der Waals surface area (Å²) in [5, 5.41) is 11.7. The number of carbonyl (C=O) groups excluding carboxylic acids is 1. The number of likely N-dealkylation sites (tertiary alicyclic amines) is 1. The lowest BCUT2D eigenvalue weighted by Crippen LogP contribution is -2.47. The minimum Gasteiger partial charge on any atom is -0.385 e. The van der Waals surface area contributed by atoms with Crippen LogP contribution in [0.3, 0.4) is 0 Å². The number of nitrogens with zero attached hydrogens (tertiary/aromatic N) is 5. The molecule has 0 bridgehead atoms. The Hall–Kier alpha value is -1.43. The first kappa shape index (κ1) is 23.6. The molecule has 0 saturated carbocycles. The summed E-state index contributed by atoms with van der Waals surface area (Å²) in [4.78, 5) is 18.2. The Bertz CT molecular complexity index is 620. The summed E-state index contributed by atoms with van der Waals surface area (Å²) in [6.45, 7) is 5.57. The Morgan fingerprint density at radius 1 is 1.44 bits per heavy atom. The van der Waals surface area contributed by atoms with Crippen molar-refractivity contribution >= 4 is 35.8 Å². The number of methoxy groups -OCH3 is 1. The zero-order valence-electron chi connectivity index (χ0n) is 16.5. The summed E-state index contributed by atoms with van der Waals surface area (Å²) >= 11 is 0. The standard InChI is InChI=1S/C17H31N7O2.HI/c1-13-21-22-16(23(13)2)11-20-17(19-7-5-9-26-3)24-8-4-6-14(12-24)10-15(18)25;/h14H,4-12H2,1-3H3,(H2,18,25)(H,19,20);1H. The van der Waals surface area contributed by atoms with E-state index in [1.165, 1.54) is 0 Å². The fourth-order valence-corrected chi connectivity index (χ4v) is 3.13. The van der Waals surface area contributed by atoms with Gasteiger partial charge in [0.15, 0.2) is 11.8 Å². The summed E-state index contributed by atoms with van der Waals surface area (Å²) in [5.74, 6) is 2.58. The maximum Gasteiger partial charge on any atom is 0.217 e. The number of halogens is 1. The average molecular weight is 493 g/mol. The number of nitrogens with one attached hydrogen (secondary N) is 1. The van der Waals surface area contributed by atoms with Gasteiger partial charge >= 0.3 is 0 Å². The van der Waals surface area contributed by atoms with Crippen LogP contribution in [0.2, 0.25) is 0 Å². The van der Waals surface area contributed by atoms with Crippen LogP contribution in [-0.4, -0.2) is 64.9 Å². The number of nitrogens with two attached hydrogens (primary N) is 1. The number of ether oxygens (including phenoxy) is 1. The van der Waals surface area contributed by atoms with Crippen LogP contribution in [-0.2, 0) is 23.1 Å². The molecule has 10 heteroatoms. The molecule has 0 radical (unpaired) electrons. The van der Waals surface area contributed by atoms with E-state index in [1.54, 1.807) is 7.11 Å². The van der Waals surface area contributed by atoms with E-state index in [9.17, 15) is 4.79 Å². The SMILES string of the molecule is COCCCNC(=NCc1nnc(C)n1C)N1CCCC(CC(N)=O)C1.I. The van der Waals surface area contributed by atoms with Crippen molar-refractivity contribution in [2.45, 2.75) is 39.2 Å². The van der Waals surface area contributed by atoms with Crippen molar-refractivity contribution in [3.8, 4) is 0 Å². The number of piperidine rings is 1. The number of aromatic nitrogens is 3. The second-order valence-electron chi connectivity index (χ2n) is 6.76. The van der Waals surface area contributed by atoms with Gasteiger partial charge in [0.05, 0.1) is 0 Å². The smallest absolute Gasteiger partial charge is 0.217 e. The minimum absolute atomic E-state index is 0. The molecule has 0 aliphatic carbocycles. The fraction of sp³-hybridized carbons (Fsp3) is 0.765. The molecule has 0 spiro atoms. The third kappa shape index (κ3) is 7.60. The van der Waals surface area contributed by atoms with Crippen molar-refractivity contribution in [3.05, 3.63) is 11.6 Å². The Morgan fingerprint density at radius 3 is 2.85 bits per heavy atom. The third-order valence-electron chi connectivity index (χ3n) is 4.67. The highest BCUT2D eigenvalue weighted by Gasteiger charge is 2.23. The van der Waals surface area contributed by atoms with Crippen molar-refractivity contribution in [1.82, 2.24) is 25.0 Å². The van der Waals surface area contributed by atoms with Crippen molar-refractivity contribution in [1.29, 1.82) is 0 Å². The number of guanidine groups is 1. The predicted octanol–water partition coefficient (Wildman–Crippen LogP) is 0.811. The molecule has 27 heavy (non-hydrogen) atoms. The van der Waals surface area contributed by atoms with Gasteiger partial charge in [0, 0.05) is 46.8 Å². The van der Waals surface area contributed by atoms with E-state index in [-0.39, 0.29) is 35.8 Å². The van der Waals surface area contributed by atoms with E-state index >= 15 is 0 Å². The Morgan fingerprint density at radius 2 is 2.22 bits per heavy atom. The van der Waals surface area contributed by atoms with Crippen LogP contribution in [0.4, 0.5) is 0 Å². The molecule has 1 saturated heterocycles. The van der Waals surface area contributed by atoms with Crippen LogP contribution >= 0.6 is 24.0 Å². The van der Waals surface area contributed by atoms with Crippen LogP contribution < -0.4 is 11.1 Å². The second kappa shape index (κ2) is 12.1. The van der Waals surface area contributed by atoms with Crippen molar-refractivity contribution in [2.24, 2.45) is 23.7 Å². The monoisotopic (exact) mass is 493 g/mol. The molecular formula is C17H32IN7O2. The topological polar surface area (TPSA) is 111 Å². The van der Waals surface area contributed by atoms with Crippen LogP contribution in [0.15, 0.2) is 4.99 Å². The van der Waals surface area contributed by atoms with Gasteiger partial charge in [-0.3, -0.25) is 4.79 Å². The maximum atomic E-state index is 11.3. The lowest BCUT2D eigenvalue weighted by Gasteiger charge is -2.34. The van der Waals surface area contributed by atoms with E-state index in [0.29, 0.717) is 19.6 Å². The van der Waals surface area contributed by atoms with Crippen molar-refractivity contribution in [2.75, 3.05) is 33.4 Å². The molecule has 1 amide bonds. The number of primary amides is 1. The molecule has 1 aliphatic rings. The highest BCUT2D eigenvalue weighted by atomic mass is 127. The fourth-order valence-electron chi connectivity index (χ4n) is 3.13. The van der Waals surface area contributed by atoms with Gasteiger partial charge in [-0.1, -0.05) is 0 Å². The Balaban J connectivity index is 0.00000364. The first-order valence-corrected chi connectivity index (χ1v) is 9.16. The molecule has 3 N–H and O–H groups in total. The molecule has 154 valence electrons. The van der Waals surface area contributed by atoms with Gasteiger partial charge in [-0.25, -0.2) is 4.99 Å². The molecule has 9 nitrogen and oxygen atoms in total. The number of aryl methyl sites for hydroxylation is 1. The van der Waals surface area contributed by atoms with E-state index in [4.69, 9.17) is 15.5 Å². The van der Waals surface area contributed by atoms with Gasteiger partial charge in [-0.05, 0) is 32.1 Å². The summed E-state index contributed by atoms with van der Waals surface area (Å²) in [6, 6.07) is 0. The Kier molecular flexibility index (Phi) is 10.6. The van der Waals surface area contributed by atoms with Gasteiger partial charge in [0.25, 0.3) is 0 Å². The van der Waals surface area contributed by atoms with Crippen LogP contribution in [0.25, 0.3) is 0 Å². The Labute approximate surface area is 178 Å². The minimum atomic E-state index is -0.238. The van der Waals surface area contributed by atoms with Gasteiger partial charge < -0.3 is 25.3 Å². The summed E-state index contributed by atoms with van der Waals surface area (Å²) < 4.78 is 7.05. The summed E-state index contributed by atoms with van der Waals surface area (Å²) in [7, 11) is 3.64. The molecule has 1 aromatic rings. The number of carbonyl (C=O) groups is 1. The highest BCUT2D eigenvalue weighted by Crippen LogP contribution is 2.19. The van der Waals surface area contributed by atoms with Crippen molar-refractivity contribution < 1.29 is 9.53 Å². The molecule has 1 atom stereocenters. The quantitative estimate of drug-likeness (QED) is 0.240. The predicted molar refractivity (Wildman–Crippen MR) is 115 cm³/mol.